The smallest absolute Gasteiger partial charge is 0.217 e. The van der Waals surface area contributed by atoms with Gasteiger partial charge in [-0.3, -0.25) is 9.78 Å². The lowest BCUT2D eigenvalue weighted by Crippen LogP contribution is -2.19. The van der Waals surface area contributed by atoms with Crippen molar-refractivity contribution >= 4 is 5.78 Å². The van der Waals surface area contributed by atoms with Gasteiger partial charge in [0.1, 0.15) is 5.82 Å². The number of hydrogen-bond donors (Lipinski definition) is 1. The summed E-state index contributed by atoms with van der Waals surface area (Å²) in [5.41, 5.74) is 3.67. The summed E-state index contributed by atoms with van der Waals surface area (Å²) in [6.07, 6.45) is 10.0. The number of aromatic nitrogens is 8. The highest BCUT2D eigenvalue weighted by atomic mass is 16.1. The first kappa shape index (κ1) is 23.0. The van der Waals surface area contributed by atoms with Crippen LogP contribution in [0.25, 0.3) is 22.6 Å². The van der Waals surface area contributed by atoms with E-state index in [1.54, 1.807) is 6.20 Å². The molecule has 3 heterocycles. The Morgan fingerprint density at radius 3 is 2.69 bits per heavy atom. The maximum atomic E-state index is 13.1. The van der Waals surface area contributed by atoms with Crippen molar-refractivity contribution < 1.29 is 4.79 Å². The summed E-state index contributed by atoms with van der Waals surface area (Å²) >= 11 is 0. The quantitative estimate of drug-likeness (QED) is 0.353. The highest BCUT2D eigenvalue weighted by Crippen LogP contribution is 2.28. The second-order valence-corrected chi connectivity index (χ2v) is 9.14. The van der Waals surface area contributed by atoms with E-state index in [0.29, 0.717) is 18.2 Å². The van der Waals surface area contributed by atoms with Gasteiger partial charge in [-0.25, -0.2) is 9.67 Å². The molecule has 3 aromatic heterocycles. The van der Waals surface area contributed by atoms with Crippen molar-refractivity contribution in [2.24, 2.45) is 5.92 Å². The number of carbonyl (C=O) groups is 1. The van der Waals surface area contributed by atoms with E-state index in [1.165, 1.54) is 6.42 Å². The molecule has 180 valence electrons. The average molecular weight is 471 g/mol. The number of H-pyrrole nitrogens is 1. The molecule has 0 atom stereocenters. The molecule has 0 amide bonds. The third-order valence-corrected chi connectivity index (χ3v) is 6.65. The molecule has 0 saturated heterocycles. The zero-order valence-corrected chi connectivity index (χ0v) is 20.0. The van der Waals surface area contributed by atoms with Crippen LogP contribution in [0.5, 0.6) is 0 Å². The second kappa shape index (κ2) is 10.7. The number of benzene rings is 1. The number of pyridine rings is 1. The minimum atomic E-state index is 0.0738. The van der Waals surface area contributed by atoms with Gasteiger partial charge in [-0.05, 0) is 42.2 Å². The molecule has 4 aromatic rings. The number of aryl methyl sites for hydroxylation is 1. The van der Waals surface area contributed by atoms with Crippen LogP contribution in [-0.4, -0.2) is 46.2 Å². The van der Waals surface area contributed by atoms with Crippen molar-refractivity contribution in [3.05, 3.63) is 59.8 Å². The summed E-state index contributed by atoms with van der Waals surface area (Å²) in [4.78, 5) is 22.3. The number of aromatic amines is 1. The number of hydrogen-bond acceptors (Lipinski definition) is 7. The fraction of sp³-hybridized carbons (Fsp3) is 0.423. The summed E-state index contributed by atoms with van der Waals surface area (Å²) in [6, 6.07) is 12.0. The lowest BCUT2D eigenvalue weighted by Gasteiger charge is -2.18. The van der Waals surface area contributed by atoms with E-state index in [0.717, 1.165) is 73.2 Å². The number of carbonyl (C=O) groups excluding carboxylic acids is 1. The molecule has 1 saturated carbocycles. The predicted octanol–water partition coefficient (Wildman–Crippen LogP) is 4.67. The molecule has 0 unspecified atom stereocenters. The highest BCUT2D eigenvalue weighted by Gasteiger charge is 2.26. The maximum Gasteiger partial charge on any atom is 0.217 e. The van der Waals surface area contributed by atoms with Gasteiger partial charge in [-0.1, -0.05) is 56.9 Å². The molecule has 0 radical (unpaired) electrons. The van der Waals surface area contributed by atoms with Crippen LogP contribution in [0, 0.1) is 5.92 Å². The van der Waals surface area contributed by atoms with Gasteiger partial charge < -0.3 is 0 Å². The zero-order chi connectivity index (χ0) is 24.0. The van der Waals surface area contributed by atoms with E-state index < -0.39 is 0 Å². The molecule has 1 aromatic carbocycles. The Morgan fingerprint density at radius 2 is 1.94 bits per heavy atom. The van der Waals surface area contributed by atoms with Gasteiger partial charge in [0.05, 0.1) is 12.2 Å². The number of nitrogens with one attached hydrogen (secondary N) is 1. The van der Waals surface area contributed by atoms with Crippen LogP contribution < -0.4 is 0 Å². The summed E-state index contributed by atoms with van der Waals surface area (Å²) < 4.78 is 1.91. The molecule has 1 N–H and O–H groups in total. The number of Topliss-reactive ketones (excluding diaryl/α,β-unsaturated/α-hetero) is 1. The monoisotopic (exact) mass is 470 g/mol. The normalized spacial score (nSPS) is 14.3. The Kier molecular flexibility index (Phi) is 7.02. The summed E-state index contributed by atoms with van der Waals surface area (Å²) in [6.45, 7) is 2.73. The van der Waals surface area contributed by atoms with Gasteiger partial charge in [-0.15, -0.1) is 15.3 Å². The molecular weight excluding hydrogens is 440 g/mol. The van der Waals surface area contributed by atoms with Gasteiger partial charge in [0, 0.05) is 29.7 Å². The Morgan fingerprint density at radius 1 is 1.11 bits per heavy atom. The number of unbranched alkanes of at least 4 members (excludes halogenated alkanes) is 1. The van der Waals surface area contributed by atoms with E-state index in [9.17, 15) is 4.79 Å². The third kappa shape index (κ3) is 5.18. The Balaban J connectivity index is 1.37. The van der Waals surface area contributed by atoms with Crippen molar-refractivity contribution in [2.75, 3.05) is 0 Å². The molecule has 1 fully saturated rings. The van der Waals surface area contributed by atoms with Crippen LogP contribution in [0.1, 0.15) is 73.9 Å². The minimum Gasteiger partial charge on any atom is -0.290 e. The van der Waals surface area contributed by atoms with Crippen LogP contribution >= 0.6 is 0 Å². The molecule has 0 spiro atoms. The van der Waals surface area contributed by atoms with E-state index in [-0.39, 0.29) is 11.7 Å². The number of rotatable bonds is 9. The van der Waals surface area contributed by atoms with E-state index in [4.69, 9.17) is 4.98 Å². The summed E-state index contributed by atoms with van der Waals surface area (Å²) in [5.74, 6) is 1.97. The van der Waals surface area contributed by atoms with Crippen LogP contribution in [0.4, 0.5) is 0 Å². The fourth-order valence-electron chi connectivity index (χ4n) is 4.71. The van der Waals surface area contributed by atoms with Crippen LogP contribution in [0.3, 0.4) is 0 Å². The van der Waals surface area contributed by atoms with Crippen molar-refractivity contribution in [1.82, 2.24) is 40.4 Å². The zero-order valence-electron chi connectivity index (χ0n) is 20.0. The molecule has 1 aliphatic rings. The van der Waals surface area contributed by atoms with Gasteiger partial charge in [0.25, 0.3) is 0 Å². The molecule has 1 aliphatic carbocycles. The molecule has 0 aliphatic heterocycles. The first-order valence-corrected chi connectivity index (χ1v) is 12.5. The number of ketones is 1. The second-order valence-electron chi connectivity index (χ2n) is 9.14. The third-order valence-electron chi connectivity index (χ3n) is 6.65. The van der Waals surface area contributed by atoms with E-state index in [1.807, 2.05) is 28.9 Å². The highest BCUT2D eigenvalue weighted by molar-refractivity contribution is 5.94. The maximum absolute atomic E-state index is 13.1. The number of tetrazole rings is 1. The van der Waals surface area contributed by atoms with Crippen LogP contribution in [0.2, 0.25) is 0 Å². The first-order valence-electron chi connectivity index (χ1n) is 12.5. The van der Waals surface area contributed by atoms with Crippen LogP contribution in [-0.2, 0) is 13.0 Å². The molecule has 0 bridgehead atoms. The van der Waals surface area contributed by atoms with Crippen molar-refractivity contribution in [1.29, 1.82) is 0 Å². The SMILES string of the molecule is CCCCc1nc(C(=O)C2CCCCC2)nn1Cc1ccc(-c2ncccc2-c2nn[nH]n2)cc1. The summed E-state index contributed by atoms with van der Waals surface area (Å²) in [7, 11) is 0. The van der Waals surface area contributed by atoms with Crippen LogP contribution in [0.15, 0.2) is 42.6 Å². The Bertz CT molecular complexity index is 1260. The topological polar surface area (TPSA) is 115 Å². The van der Waals surface area contributed by atoms with Gasteiger partial charge in [-0.2, -0.15) is 5.21 Å². The van der Waals surface area contributed by atoms with Gasteiger partial charge in [0.2, 0.25) is 17.4 Å². The Labute approximate surface area is 204 Å². The lowest BCUT2D eigenvalue weighted by molar-refractivity contribution is 0.0878. The molecule has 9 nitrogen and oxygen atoms in total. The standard InChI is InChI=1S/C26H30N8O/c1-2-3-11-22-28-26(24(35)20-8-5-4-6-9-20)31-34(22)17-18-12-14-19(15-13-18)23-21(10-7-16-27-23)25-29-32-33-30-25/h7,10,12-16,20H,2-6,8-9,11,17H2,1H3,(H,29,30,32,33). The molecule has 35 heavy (non-hydrogen) atoms. The molecule has 5 rings (SSSR count). The van der Waals surface area contributed by atoms with E-state index >= 15 is 0 Å². The van der Waals surface area contributed by atoms with Gasteiger partial charge in [0.15, 0.2) is 0 Å². The van der Waals surface area contributed by atoms with Gasteiger partial charge >= 0.3 is 0 Å². The van der Waals surface area contributed by atoms with Crippen molar-refractivity contribution in [2.45, 2.75) is 64.8 Å². The van der Waals surface area contributed by atoms with E-state index in [2.05, 4.69) is 49.8 Å². The summed E-state index contributed by atoms with van der Waals surface area (Å²) in [5, 5.41) is 19.0. The number of nitrogens with zero attached hydrogens (tertiary/aromatic N) is 7. The predicted molar refractivity (Wildman–Crippen MR) is 131 cm³/mol. The average Bonchev–Trinajstić information content (AvgIpc) is 3.59. The largest absolute Gasteiger partial charge is 0.290 e. The fourth-order valence-corrected chi connectivity index (χ4v) is 4.71. The van der Waals surface area contributed by atoms with Crippen molar-refractivity contribution in [3.8, 4) is 22.6 Å². The first-order chi connectivity index (χ1) is 17.2. The Hall–Kier alpha value is -3.75. The minimum absolute atomic E-state index is 0.0738. The van der Waals surface area contributed by atoms with Crippen molar-refractivity contribution in [3.63, 3.8) is 0 Å². The molecular formula is C26H30N8O. The lowest BCUT2D eigenvalue weighted by atomic mass is 9.86. The molecule has 9 heteroatoms.